The monoisotopic (exact) mass is 476 g/mol. The molecule has 9 heteroatoms. The van der Waals surface area contributed by atoms with E-state index >= 15 is 0 Å². The van der Waals surface area contributed by atoms with E-state index in [4.69, 9.17) is 28.2 Å². The summed E-state index contributed by atoms with van der Waals surface area (Å²) in [4.78, 5) is 37.0. The molecule has 31 heavy (non-hydrogen) atoms. The molecule has 1 aliphatic carbocycles. The fraction of sp³-hybridized carbons (Fsp3) is 0.409. The Morgan fingerprint density at radius 1 is 1.10 bits per heavy atom. The third kappa shape index (κ3) is 3.62. The fourth-order valence-corrected chi connectivity index (χ4v) is 6.24. The lowest BCUT2D eigenvalue weighted by Gasteiger charge is -2.36. The quantitative estimate of drug-likeness (QED) is 0.557. The SMILES string of the molecule is Cn1c(N2CCN(C(=O)c3ccc(Cl)cc3Cl)CC2)nc2sc3c(c2c1=O)CCCC3. The third-order valence-electron chi connectivity index (χ3n) is 6.18. The minimum Gasteiger partial charge on any atom is -0.339 e. The van der Waals surface area contributed by atoms with Crippen LogP contribution < -0.4 is 10.5 Å². The zero-order valence-electron chi connectivity index (χ0n) is 17.2. The van der Waals surface area contributed by atoms with Crippen LogP contribution in [0.3, 0.4) is 0 Å². The molecule has 162 valence electrons. The molecule has 2 aliphatic rings. The number of fused-ring (bicyclic) bond motifs is 3. The van der Waals surface area contributed by atoms with Crippen molar-refractivity contribution in [3.05, 3.63) is 54.6 Å². The number of anilines is 1. The lowest BCUT2D eigenvalue weighted by atomic mass is 9.97. The Hall–Kier alpha value is -2.09. The number of carbonyl (C=O) groups is 1. The Morgan fingerprint density at radius 3 is 2.58 bits per heavy atom. The summed E-state index contributed by atoms with van der Waals surface area (Å²) in [6.45, 7) is 2.28. The second kappa shape index (κ2) is 8.11. The smallest absolute Gasteiger partial charge is 0.263 e. The Bertz CT molecular complexity index is 1240. The van der Waals surface area contributed by atoms with Gasteiger partial charge in [-0.25, -0.2) is 4.98 Å². The molecule has 0 spiro atoms. The second-order valence-corrected chi connectivity index (χ2v) is 10.00. The molecule has 0 N–H and O–H groups in total. The lowest BCUT2D eigenvalue weighted by molar-refractivity contribution is 0.0746. The number of carbonyl (C=O) groups excluding carboxylic acids is 1. The molecule has 1 amide bonds. The molecule has 0 unspecified atom stereocenters. The first-order valence-electron chi connectivity index (χ1n) is 10.4. The van der Waals surface area contributed by atoms with Crippen LogP contribution in [0.5, 0.6) is 0 Å². The van der Waals surface area contributed by atoms with E-state index in [-0.39, 0.29) is 11.5 Å². The van der Waals surface area contributed by atoms with Gasteiger partial charge in [0.15, 0.2) is 0 Å². The highest BCUT2D eigenvalue weighted by atomic mass is 35.5. The van der Waals surface area contributed by atoms with Crippen molar-refractivity contribution < 1.29 is 4.79 Å². The average molecular weight is 477 g/mol. The predicted octanol–water partition coefficient (Wildman–Crippen LogP) is 4.14. The molecule has 5 rings (SSSR count). The number of amides is 1. The zero-order valence-corrected chi connectivity index (χ0v) is 19.5. The number of aromatic nitrogens is 2. The van der Waals surface area contributed by atoms with Gasteiger partial charge in [0.05, 0.1) is 16.0 Å². The van der Waals surface area contributed by atoms with Gasteiger partial charge in [-0.15, -0.1) is 11.3 Å². The average Bonchev–Trinajstić information content (AvgIpc) is 3.14. The molecule has 0 radical (unpaired) electrons. The highest BCUT2D eigenvalue weighted by Gasteiger charge is 2.27. The lowest BCUT2D eigenvalue weighted by Crippen LogP contribution is -2.50. The maximum Gasteiger partial charge on any atom is 0.263 e. The van der Waals surface area contributed by atoms with Crippen molar-refractivity contribution in [3.63, 3.8) is 0 Å². The van der Waals surface area contributed by atoms with Crippen molar-refractivity contribution in [2.24, 2.45) is 7.05 Å². The van der Waals surface area contributed by atoms with Crippen molar-refractivity contribution >= 4 is 56.6 Å². The molecule has 0 atom stereocenters. The van der Waals surface area contributed by atoms with Crippen LogP contribution in [0.25, 0.3) is 10.2 Å². The summed E-state index contributed by atoms with van der Waals surface area (Å²) in [6, 6.07) is 4.92. The summed E-state index contributed by atoms with van der Waals surface area (Å²) in [5.74, 6) is 0.567. The highest BCUT2D eigenvalue weighted by Crippen LogP contribution is 2.34. The molecule has 3 aromatic rings. The number of thiophene rings is 1. The Morgan fingerprint density at radius 2 is 1.84 bits per heavy atom. The molecule has 2 aromatic heterocycles. The maximum absolute atomic E-state index is 13.2. The summed E-state index contributed by atoms with van der Waals surface area (Å²) in [5, 5.41) is 1.66. The topological polar surface area (TPSA) is 58.4 Å². The van der Waals surface area contributed by atoms with Crippen molar-refractivity contribution in [2.75, 3.05) is 31.1 Å². The molecular formula is C22H22Cl2N4O2S. The molecule has 1 aromatic carbocycles. The first kappa shape index (κ1) is 20.8. The maximum atomic E-state index is 13.2. The van der Waals surface area contributed by atoms with E-state index in [1.165, 1.54) is 16.9 Å². The largest absolute Gasteiger partial charge is 0.339 e. The van der Waals surface area contributed by atoms with Crippen LogP contribution >= 0.6 is 34.5 Å². The van der Waals surface area contributed by atoms with Crippen LogP contribution in [0.2, 0.25) is 10.0 Å². The van der Waals surface area contributed by atoms with Gasteiger partial charge in [-0.05, 0) is 49.4 Å². The van der Waals surface area contributed by atoms with Gasteiger partial charge in [0.1, 0.15) is 4.83 Å². The second-order valence-electron chi connectivity index (χ2n) is 8.07. The van der Waals surface area contributed by atoms with Crippen LogP contribution in [0.15, 0.2) is 23.0 Å². The number of halogens is 2. The normalized spacial score (nSPS) is 16.6. The van der Waals surface area contributed by atoms with Gasteiger partial charge >= 0.3 is 0 Å². The number of piperazine rings is 1. The summed E-state index contributed by atoms with van der Waals surface area (Å²) in [6.07, 6.45) is 4.33. The number of nitrogens with zero attached hydrogens (tertiary/aromatic N) is 4. The third-order valence-corrected chi connectivity index (χ3v) is 7.92. The predicted molar refractivity (Wildman–Crippen MR) is 126 cm³/mol. The van der Waals surface area contributed by atoms with Crippen LogP contribution in [0.4, 0.5) is 5.95 Å². The highest BCUT2D eigenvalue weighted by molar-refractivity contribution is 7.18. The molecule has 1 aliphatic heterocycles. The van der Waals surface area contributed by atoms with Gasteiger partial charge in [-0.1, -0.05) is 23.2 Å². The summed E-state index contributed by atoms with van der Waals surface area (Å²) < 4.78 is 1.66. The number of hydrogen-bond donors (Lipinski definition) is 0. The van der Waals surface area contributed by atoms with Crippen molar-refractivity contribution in [1.29, 1.82) is 0 Å². The fourth-order valence-electron chi connectivity index (χ4n) is 4.50. The van der Waals surface area contributed by atoms with Gasteiger partial charge < -0.3 is 9.80 Å². The van der Waals surface area contributed by atoms with E-state index < -0.39 is 0 Å². The van der Waals surface area contributed by atoms with Gasteiger partial charge in [0.2, 0.25) is 5.95 Å². The van der Waals surface area contributed by atoms with Crippen molar-refractivity contribution in [1.82, 2.24) is 14.5 Å². The molecule has 1 saturated heterocycles. The standard InChI is InChI=1S/C22H22Cl2N4O2S/c1-26-21(30)18-15-4-2-3-5-17(15)31-19(18)25-22(26)28-10-8-27(9-11-28)20(29)14-7-6-13(23)12-16(14)24/h6-7,12H,2-5,8-11H2,1H3. The molecule has 6 nitrogen and oxygen atoms in total. The number of rotatable bonds is 2. The molecular weight excluding hydrogens is 455 g/mol. The summed E-state index contributed by atoms with van der Waals surface area (Å²) in [7, 11) is 1.79. The van der Waals surface area contributed by atoms with E-state index in [0.717, 1.165) is 29.5 Å². The van der Waals surface area contributed by atoms with Crippen LogP contribution in [-0.4, -0.2) is 46.5 Å². The summed E-state index contributed by atoms with van der Waals surface area (Å²) in [5.41, 5.74) is 1.70. The minimum atomic E-state index is -0.107. The van der Waals surface area contributed by atoms with Crippen molar-refractivity contribution in [2.45, 2.75) is 25.7 Å². The van der Waals surface area contributed by atoms with E-state index in [9.17, 15) is 9.59 Å². The van der Waals surface area contributed by atoms with Crippen LogP contribution in [-0.2, 0) is 19.9 Å². The van der Waals surface area contributed by atoms with E-state index in [1.54, 1.807) is 46.1 Å². The van der Waals surface area contributed by atoms with Gasteiger partial charge in [-0.2, -0.15) is 0 Å². The van der Waals surface area contributed by atoms with Gasteiger partial charge in [0.25, 0.3) is 11.5 Å². The number of hydrogen-bond acceptors (Lipinski definition) is 5. The van der Waals surface area contributed by atoms with E-state index in [0.29, 0.717) is 47.7 Å². The Labute approximate surface area is 194 Å². The van der Waals surface area contributed by atoms with Gasteiger partial charge in [0, 0.05) is 43.1 Å². The molecule has 0 saturated carbocycles. The minimum absolute atomic E-state index is 0.0332. The van der Waals surface area contributed by atoms with Crippen LogP contribution in [0, 0.1) is 0 Å². The Kier molecular flexibility index (Phi) is 5.44. The number of aryl methyl sites for hydroxylation is 2. The van der Waals surface area contributed by atoms with E-state index in [2.05, 4.69) is 4.90 Å². The zero-order chi connectivity index (χ0) is 21.7. The Balaban J connectivity index is 1.38. The first-order valence-corrected chi connectivity index (χ1v) is 12.0. The van der Waals surface area contributed by atoms with Crippen LogP contribution in [0.1, 0.15) is 33.6 Å². The summed E-state index contributed by atoms with van der Waals surface area (Å²) >= 11 is 13.8. The number of benzene rings is 1. The molecule has 3 heterocycles. The molecule has 1 fully saturated rings. The van der Waals surface area contributed by atoms with Crippen molar-refractivity contribution in [3.8, 4) is 0 Å². The van der Waals surface area contributed by atoms with E-state index in [1.807, 2.05) is 0 Å². The van der Waals surface area contributed by atoms with Gasteiger partial charge in [-0.3, -0.25) is 14.2 Å². The molecule has 0 bridgehead atoms. The first-order chi connectivity index (χ1) is 14.9.